The zero-order chi connectivity index (χ0) is 27.8. The van der Waals surface area contributed by atoms with Gasteiger partial charge in [-0.25, -0.2) is 0 Å². The summed E-state index contributed by atoms with van der Waals surface area (Å²) in [6, 6.07) is 54.3. The normalized spacial score (nSPS) is 13.0. The highest BCUT2D eigenvalue weighted by atomic mass is 14.5. The van der Waals surface area contributed by atoms with Crippen molar-refractivity contribution in [3.8, 4) is 11.1 Å². The second-order valence-electron chi connectivity index (χ2n) is 11.6. The molecule has 198 valence electrons. The van der Waals surface area contributed by atoms with E-state index in [1.807, 2.05) is 0 Å². The summed E-state index contributed by atoms with van der Waals surface area (Å²) >= 11 is 0. The summed E-state index contributed by atoms with van der Waals surface area (Å²) in [6.07, 6.45) is 1.88. The predicted octanol–water partition coefficient (Wildman–Crippen LogP) is 9.85. The third-order valence-electron chi connectivity index (χ3n) is 8.67. The molecule has 0 saturated heterocycles. The van der Waals surface area contributed by atoms with Crippen LogP contribution >= 0.6 is 0 Å². The standard InChI is InChI=1S/C41H34/c1-29-24-30(2)26-34(25-29)28-33-18-22-36(23-19-33)41(35-20-16-32(17-21-35)27-31-10-4-3-5-11-31)39-14-8-6-12-37(39)38-13-7-9-15-40(38)41/h3-26H,27-28H2,1-2H3. The molecule has 0 atom stereocenters. The van der Waals surface area contributed by atoms with Crippen LogP contribution in [0.3, 0.4) is 0 Å². The molecule has 0 radical (unpaired) electrons. The molecule has 0 aromatic heterocycles. The van der Waals surface area contributed by atoms with Crippen molar-refractivity contribution in [1.82, 2.24) is 0 Å². The fourth-order valence-electron chi connectivity index (χ4n) is 7.01. The highest BCUT2D eigenvalue weighted by molar-refractivity contribution is 5.86. The summed E-state index contributed by atoms with van der Waals surface area (Å²) in [4.78, 5) is 0. The van der Waals surface area contributed by atoms with Crippen LogP contribution in [-0.4, -0.2) is 0 Å². The molecule has 6 aromatic carbocycles. The van der Waals surface area contributed by atoms with Crippen molar-refractivity contribution in [2.45, 2.75) is 32.1 Å². The van der Waals surface area contributed by atoms with Crippen molar-refractivity contribution in [2.24, 2.45) is 0 Å². The minimum absolute atomic E-state index is 0.364. The van der Waals surface area contributed by atoms with Gasteiger partial charge in [0.2, 0.25) is 0 Å². The molecule has 0 aliphatic heterocycles. The second-order valence-corrected chi connectivity index (χ2v) is 11.6. The zero-order valence-electron chi connectivity index (χ0n) is 23.8. The molecule has 0 heteroatoms. The number of aryl methyl sites for hydroxylation is 2. The Labute approximate surface area is 244 Å². The van der Waals surface area contributed by atoms with Gasteiger partial charge in [-0.05, 0) is 82.3 Å². The molecular formula is C41H34. The Balaban J connectivity index is 1.35. The van der Waals surface area contributed by atoms with Gasteiger partial charge >= 0.3 is 0 Å². The van der Waals surface area contributed by atoms with Crippen molar-refractivity contribution in [1.29, 1.82) is 0 Å². The van der Waals surface area contributed by atoms with Gasteiger partial charge in [0.25, 0.3) is 0 Å². The maximum atomic E-state index is 2.37. The van der Waals surface area contributed by atoms with E-state index in [2.05, 4.69) is 159 Å². The quantitative estimate of drug-likeness (QED) is 0.202. The largest absolute Gasteiger partial charge is 0.0713 e. The van der Waals surface area contributed by atoms with E-state index in [1.165, 1.54) is 66.8 Å². The van der Waals surface area contributed by atoms with Gasteiger partial charge in [-0.2, -0.15) is 0 Å². The van der Waals surface area contributed by atoms with Crippen LogP contribution in [0.2, 0.25) is 0 Å². The Morgan fingerprint density at radius 3 is 1.32 bits per heavy atom. The molecule has 0 unspecified atom stereocenters. The van der Waals surface area contributed by atoms with Gasteiger partial charge in [0.05, 0.1) is 5.41 Å². The van der Waals surface area contributed by atoms with Gasteiger partial charge < -0.3 is 0 Å². The van der Waals surface area contributed by atoms with E-state index in [-0.39, 0.29) is 5.41 Å². The molecule has 0 fully saturated rings. The van der Waals surface area contributed by atoms with Crippen LogP contribution in [-0.2, 0) is 18.3 Å². The first-order chi connectivity index (χ1) is 20.1. The smallest absolute Gasteiger partial charge is 0.0622 e. The van der Waals surface area contributed by atoms with Crippen LogP contribution in [0.5, 0.6) is 0 Å². The summed E-state index contributed by atoms with van der Waals surface area (Å²) in [5.74, 6) is 0. The molecule has 1 aliphatic carbocycles. The van der Waals surface area contributed by atoms with E-state index in [4.69, 9.17) is 0 Å². The fourth-order valence-corrected chi connectivity index (χ4v) is 7.01. The molecule has 0 N–H and O–H groups in total. The van der Waals surface area contributed by atoms with E-state index >= 15 is 0 Å². The van der Waals surface area contributed by atoms with E-state index in [0.717, 1.165) is 12.8 Å². The summed E-state index contributed by atoms with van der Waals surface area (Å²) in [6.45, 7) is 4.37. The molecule has 0 bridgehead atoms. The van der Waals surface area contributed by atoms with Crippen molar-refractivity contribution in [3.05, 3.63) is 201 Å². The summed E-state index contributed by atoms with van der Waals surface area (Å²) in [5, 5.41) is 0. The molecule has 1 aliphatic rings. The number of fused-ring (bicyclic) bond motifs is 3. The maximum absolute atomic E-state index is 2.37. The van der Waals surface area contributed by atoms with E-state index in [9.17, 15) is 0 Å². The van der Waals surface area contributed by atoms with Crippen LogP contribution in [0.1, 0.15) is 55.6 Å². The monoisotopic (exact) mass is 526 g/mol. The lowest BCUT2D eigenvalue weighted by atomic mass is 9.67. The van der Waals surface area contributed by atoms with Crippen LogP contribution in [0.4, 0.5) is 0 Å². The molecule has 0 heterocycles. The molecular weight excluding hydrogens is 492 g/mol. The average molecular weight is 527 g/mol. The Hall–Kier alpha value is -4.68. The summed E-state index contributed by atoms with van der Waals surface area (Å²) < 4.78 is 0. The zero-order valence-corrected chi connectivity index (χ0v) is 23.8. The van der Waals surface area contributed by atoms with E-state index < -0.39 is 0 Å². The Bertz CT molecular complexity index is 1760. The van der Waals surface area contributed by atoms with E-state index in [1.54, 1.807) is 0 Å². The van der Waals surface area contributed by atoms with Gasteiger partial charge in [0.15, 0.2) is 0 Å². The Morgan fingerprint density at radius 2 is 0.805 bits per heavy atom. The average Bonchev–Trinajstić information content (AvgIpc) is 3.29. The third-order valence-corrected chi connectivity index (χ3v) is 8.67. The number of hydrogen-bond donors (Lipinski definition) is 0. The minimum Gasteiger partial charge on any atom is -0.0622 e. The summed E-state index contributed by atoms with van der Waals surface area (Å²) in [7, 11) is 0. The molecule has 0 nitrogen and oxygen atoms in total. The second kappa shape index (κ2) is 10.4. The Kier molecular flexibility index (Phi) is 6.40. The summed E-state index contributed by atoms with van der Waals surface area (Å²) in [5.41, 5.74) is 15.7. The molecule has 0 spiro atoms. The van der Waals surface area contributed by atoms with Gasteiger partial charge in [-0.3, -0.25) is 0 Å². The van der Waals surface area contributed by atoms with Gasteiger partial charge in [0, 0.05) is 0 Å². The van der Waals surface area contributed by atoms with Crippen molar-refractivity contribution in [2.75, 3.05) is 0 Å². The lowest BCUT2D eigenvalue weighted by Gasteiger charge is -2.34. The van der Waals surface area contributed by atoms with Gasteiger partial charge in [0.1, 0.15) is 0 Å². The van der Waals surface area contributed by atoms with Crippen LogP contribution in [0, 0.1) is 13.8 Å². The molecule has 0 saturated carbocycles. The van der Waals surface area contributed by atoms with Crippen molar-refractivity contribution >= 4 is 0 Å². The lowest BCUT2D eigenvalue weighted by Crippen LogP contribution is -2.28. The van der Waals surface area contributed by atoms with Crippen LogP contribution in [0.25, 0.3) is 11.1 Å². The van der Waals surface area contributed by atoms with Crippen LogP contribution in [0.15, 0.2) is 146 Å². The van der Waals surface area contributed by atoms with Gasteiger partial charge in [-0.15, -0.1) is 0 Å². The first-order valence-electron chi connectivity index (χ1n) is 14.6. The lowest BCUT2D eigenvalue weighted by molar-refractivity contribution is 0.767. The molecule has 41 heavy (non-hydrogen) atoms. The van der Waals surface area contributed by atoms with Crippen molar-refractivity contribution in [3.63, 3.8) is 0 Å². The SMILES string of the molecule is Cc1cc(C)cc(Cc2ccc(C3(c4ccc(Cc5ccccc5)cc4)c4ccccc4-c4ccccc43)cc2)c1. The topological polar surface area (TPSA) is 0 Å². The van der Waals surface area contributed by atoms with Crippen LogP contribution < -0.4 is 0 Å². The number of hydrogen-bond acceptors (Lipinski definition) is 0. The molecule has 6 aromatic rings. The molecule has 0 amide bonds. The Morgan fingerprint density at radius 1 is 0.390 bits per heavy atom. The highest BCUT2D eigenvalue weighted by Crippen LogP contribution is 2.55. The number of rotatable bonds is 6. The number of benzene rings is 6. The minimum atomic E-state index is -0.364. The first kappa shape index (κ1) is 25.3. The third kappa shape index (κ3) is 4.50. The maximum Gasteiger partial charge on any atom is 0.0713 e. The predicted molar refractivity (Wildman–Crippen MR) is 172 cm³/mol. The highest BCUT2D eigenvalue weighted by Gasteiger charge is 2.45. The molecule has 7 rings (SSSR count). The van der Waals surface area contributed by atoms with Gasteiger partial charge in [-0.1, -0.05) is 157 Å². The van der Waals surface area contributed by atoms with Crippen molar-refractivity contribution < 1.29 is 0 Å². The first-order valence-corrected chi connectivity index (χ1v) is 14.6. The van der Waals surface area contributed by atoms with E-state index in [0.29, 0.717) is 0 Å². The fraction of sp³-hybridized carbons (Fsp3) is 0.122.